The standard InChI is InChI=1S/C21H19Cl3N4O4S/c22-13-8-15-20(17(24)9-13)25-12-26-21(15)32-11-19(29)27-18-10-14(4-5-16(18)23)33(30,31)28-6-2-1-3-7-28/h4-5,8-10,12H,1-3,6-7,11H2,(H,27,29). The van der Waals surface area contributed by atoms with Gasteiger partial charge in [-0.15, -0.1) is 0 Å². The molecule has 0 radical (unpaired) electrons. The Morgan fingerprint density at radius 2 is 1.79 bits per heavy atom. The minimum absolute atomic E-state index is 0.0658. The van der Waals surface area contributed by atoms with Gasteiger partial charge in [0, 0.05) is 18.1 Å². The molecule has 3 aromatic rings. The molecule has 0 atom stereocenters. The number of nitrogens with one attached hydrogen (secondary N) is 1. The Bertz CT molecular complexity index is 1310. The van der Waals surface area contributed by atoms with E-state index in [2.05, 4.69) is 15.3 Å². The van der Waals surface area contributed by atoms with Gasteiger partial charge in [0.1, 0.15) is 6.33 Å². The maximum atomic E-state index is 12.9. The van der Waals surface area contributed by atoms with Crippen molar-refractivity contribution in [1.29, 1.82) is 0 Å². The van der Waals surface area contributed by atoms with Gasteiger partial charge in [0.05, 0.1) is 31.5 Å². The largest absolute Gasteiger partial charge is 0.467 e. The number of carbonyl (C=O) groups is 1. The number of hydrogen-bond donors (Lipinski definition) is 1. The van der Waals surface area contributed by atoms with Crippen LogP contribution in [0.25, 0.3) is 10.9 Å². The normalized spacial score (nSPS) is 14.9. The number of anilines is 1. The van der Waals surface area contributed by atoms with E-state index >= 15 is 0 Å². The maximum absolute atomic E-state index is 12.9. The molecular weight excluding hydrogens is 511 g/mol. The lowest BCUT2D eigenvalue weighted by Gasteiger charge is -2.26. The molecule has 1 aliphatic heterocycles. The number of halogens is 3. The molecule has 1 N–H and O–H groups in total. The summed E-state index contributed by atoms with van der Waals surface area (Å²) in [5.74, 6) is -0.420. The molecule has 1 fully saturated rings. The third-order valence-electron chi connectivity index (χ3n) is 5.13. The molecule has 1 saturated heterocycles. The van der Waals surface area contributed by atoms with Gasteiger partial charge in [-0.2, -0.15) is 4.31 Å². The number of sulfonamides is 1. The quantitative estimate of drug-likeness (QED) is 0.493. The molecule has 0 bridgehead atoms. The van der Waals surface area contributed by atoms with Crippen molar-refractivity contribution < 1.29 is 17.9 Å². The van der Waals surface area contributed by atoms with Crippen LogP contribution in [-0.4, -0.2) is 48.3 Å². The molecule has 174 valence electrons. The monoisotopic (exact) mass is 528 g/mol. The number of piperidine rings is 1. The molecule has 0 unspecified atom stereocenters. The fourth-order valence-electron chi connectivity index (χ4n) is 3.52. The highest BCUT2D eigenvalue weighted by Gasteiger charge is 2.26. The van der Waals surface area contributed by atoms with Crippen molar-refractivity contribution in [1.82, 2.24) is 14.3 Å². The Kier molecular flexibility index (Phi) is 7.25. The van der Waals surface area contributed by atoms with Crippen molar-refractivity contribution in [3.05, 3.63) is 51.7 Å². The summed E-state index contributed by atoms with van der Waals surface area (Å²) < 4.78 is 32.9. The van der Waals surface area contributed by atoms with Crippen LogP contribution in [0.15, 0.2) is 41.6 Å². The van der Waals surface area contributed by atoms with Gasteiger partial charge >= 0.3 is 0 Å². The number of benzene rings is 2. The van der Waals surface area contributed by atoms with Crippen molar-refractivity contribution in [2.75, 3.05) is 25.0 Å². The Morgan fingerprint density at radius 3 is 2.55 bits per heavy atom. The minimum Gasteiger partial charge on any atom is -0.467 e. The van der Waals surface area contributed by atoms with E-state index in [1.807, 2.05) is 0 Å². The van der Waals surface area contributed by atoms with Gasteiger partial charge in [-0.1, -0.05) is 41.2 Å². The summed E-state index contributed by atoms with van der Waals surface area (Å²) in [6, 6.07) is 7.35. The van der Waals surface area contributed by atoms with Crippen LogP contribution in [-0.2, 0) is 14.8 Å². The SMILES string of the molecule is O=C(COc1ncnc2c(Cl)cc(Cl)cc12)Nc1cc(S(=O)(=O)N2CCCCC2)ccc1Cl. The van der Waals surface area contributed by atoms with Crippen LogP contribution in [0.3, 0.4) is 0 Å². The van der Waals surface area contributed by atoms with Gasteiger partial charge in [-0.3, -0.25) is 4.79 Å². The van der Waals surface area contributed by atoms with E-state index in [4.69, 9.17) is 39.5 Å². The molecule has 33 heavy (non-hydrogen) atoms. The van der Waals surface area contributed by atoms with E-state index in [1.165, 1.54) is 28.8 Å². The van der Waals surface area contributed by atoms with Crippen molar-refractivity contribution in [3.8, 4) is 5.88 Å². The second kappa shape index (κ2) is 9.99. The Labute approximate surface area is 205 Å². The van der Waals surface area contributed by atoms with Crippen LogP contribution in [0.2, 0.25) is 15.1 Å². The van der Waals surface area contributed by atoms with Crippen molar-refractivity contribution in [3.63, 3.8) is 0 Å². The van der Waals surface area contributed by atoms with E-state index < -0.39 is 22.5 Å². The third-order valence-corrected chi connectivity index (χ3v) is 7.86. The highest BCUT2D eigenvalue weighted by atomic mass is 35.5. The summed E-state index contributed by atoms with van der Waals surface area (Å²) in [4.78, 5) is 20.7. The Hall–Kier alpha value is -2.17. The lowest BCUT2D eigenvalue weighted by atomic mass is 10.2. The lowest BCUT2D eigenvalue weighted by Crippen LogP contribution is -2.35. The molecule has 8 nitrogen and oxygen atoms in total. The van der Waals surface area contributed by atoms with Crippen LogP contribution in [0.4, 0.5) is 5.69 Å². The molecule has 1 aliphatic rings. The number of amides is 1. The first-order valence-electron chi connectivity index (χ1n) is 10.1. The molecule has 0 spiro atoms. The Morgan fingerprint density at radius 1 is 1.03 bits per heavy atom. The molecule has 2 heterocycles. The van der Waals surface area contributed by atoms with E-state index in [0.29, 0.717) is 34.0 Å². The molecule has 12 heteroatoms. The van der Waals surface area contributed by atoms with Gasteiger partial charge in [-0.05, 0) is 43.2 Å². The maximum Gasteiger partial charge on any atom is 0.262 e. The van der Waals surface area contributed by atoms with Gasteiger partial charge in [0.2, 0.25) is 15.9 Å². The van der Waals surface area contributed by atoms with Crippen LogP contribution >= 0.6 is 34.8 Å². The molecule has 0 aliphatic carbocycles. The first-order valence-corrected chi connectivity index (χ1v) is 12.7. The number of fused-ring (bicyclic) bond motifs is 1. The summed E-state index contributed by atoms with van der Waals surface area (Å²) in [7, 11) is -3.67. The van der Waals surface area contributed by atoms with Crippen LogP contribution in [0.1, 0.15) is 19.3 Å². The predicted molar refractivity (Wildman–Crippen MR) is 128 cm³/mol. The van der Waals surface area contributed by atoms with Gasteiger partial charge < -0.3 is 10.1 Å². The fraction of sp³-hybridized carbons (Fsp3) is 0.286. The average Bonchev–Trinajstić information content (AvgIpc) is 2.79. The molecule has 1 aromatic heterocycles. The van der Waals surface area contributed by atoms with Gasteiger partial charge in [-0.25, -0.2) is 18.4 Å². The second-order valence-corrected chi connectivity index (χ2v) is 10.6. The molecule has 4 rings (SSSR count). The zero-order valence-electron chi connectivity index (χ0n) is 17.2. The van der Waals surface area contributed by atoms with Gasteiger partial charge in [0.25, 0.3) is 5.91 Å². The topological polar surface area (TPSA) is 101 Å². The Balaban J connectivity index is 1.49. The number of ether oxygens (including phenoxy) is 1. The first-order chi connectivity index (χ1) is 15.8. The number of hydrogen-bond acceptors (Lipinski definition) is 6. The smallest absolute Gasteiger partial charge is 0.262 e. The van der Waals surface area contributed by atoms with Gasteiger partial charge in [0.15, 0.2) is 6.61 Å². The summed E-state index contributed by atoms with van der Waals surface area (Å²) in [5.41, 5.74) is 0.604. The molecule has 1 amide bonds. The van der Waals surface area contributed by atoms with E-state index in [-0.39, 0.29) is 21.5 Å². The summed E-state index contributed by atoms with van der Waals surface area (Å²) in [6.45, 7) is 0.540. The molecule has 0 saturated carbocycles. The number of nitrogens with zero attached hydrogens (tertiary/aromatic N) is 3. The van der Waals surface area contributed by atoms with Crippen LogP contribution in [0.5, 0.6) is 5.88 Å². The zero-order valence-corrected chi connectivity index (χ0v) is 20.3. The van der Waals surface area contributed by atoms with E-state index in [1.54, 1.807) is 12.1 Å². The number of carbonyl (C=O) groups excluding carboxylic acids is 1. The molecular formula is C21H19Cl3N4O4S. The highest BCUT2D eigenvalue weighted by Crippen LogP contribution is 2.31. The van der Waals surface area contributed by atoms with E-state index in [0.717, 1.165) is 19.3 Å². The van der Waals surface area contributed by atoms with Crippen molar-refractivity contribution in [2.24, 2.45) is 0 Å². The zero-order chi connectivity index (χ0) is 23.6. The lowest BCUT2D eigenvalue weighted by molar-refractivity contribution is -0.118. The van der Waals surface area contributed by atoms with Crippen LogP contribution in [0, 0.1) is 0 Å². The first kappa shape index (κ1) is 24.0. The van der Waals surface area contributed by atoms with Crippen molar-refractivity contribution in [2.45, 2.75) is 24.2 Å². The summed E-state index contributed by atoms with van der Waals surface area (Å²) in [6.07, 6.45) is 3.92. The van der Waals surface area contributed by atoms with Crippen LogP contribution < -0.4 is 10.1 Å². The number of aromatic nitrogens is 2. The minimum atomic E-state index is -3.67. The third kappa shape index (κ3) is 5.33. The average molecular weight is 530 g/mol. The highest BCUT2D eigenvalue weighted by molar-refractivity contribution is 7.89. The second-order valence-electron chi connectivity index (χ2n) is 7.41. The predicted octanol–water partition coefficient (Wildman–Crippen LogP) is 4.78. The summed E-state index contributed by atoms with van der Waals surface area (Å²) in [5, 5.41) is 3.94. The summed E-state index contributed by atoms with van der Waals surface area (Å²) >= 11 is 18.4. The number of rotatable bonds is 6. The molecule has 2 aromatic carbocycles. The fourth-order valence-corrected chi connectivity index (χ4v) is 5.77. The van der Waals surface area contributed by atoms with E-state index in [9.17, 15) is 13.2 Å². The van der Waals surface area contributed by atoms with Crippen molar-refractivity contribution >= 4 is 67.3 Å².